The number of hydrogen-bond donors (Lipinski definition) is 1. The van der Waals surface area contributed by atoms with Gasteiger partial charge in [-0.05, 0) is 76.0 Å². The van der Waals surface area contributed by atoms with E-state index in [1.165, 1.54) is 0 Å². The summed E-state index contributed by atoms with van der Waals surface area (Å²) in [6, 6.07) is 0. The summed E-state index contributed by atoms with van der Waals surface area (Å²) in [6.45, 7) is 4.02. The fourth-order valence-corrected chi connectivity index (χ4v) is 4.48. The van der Waals surface area contributed by atoms with Crippen LogP contribution in [0.4, 0.5) is 0 Å². The van der Waals surface area contributed by atoms with Crippen LogP contribution in [-0.2, 0) is 28.7 Å². The highest BCUT2D eigenvalue weighted by Crippen LogP contribution is 2.41. The van der Waals surface area contributed by atoms with E-state index in [9.17, 15) is 14.4 Å². The summed E-state index contributed by atoms with van der Waals surface area (Å²) in [5.41, 5.74) is 0. The standard InChI is InChI=1S/C21H33NO6/c1-2-19(23)26-13-3-4-14-27-20(24)17-9-5-15(6-10-17)16-7-11-18(12-8-16)21(25)28-22/h2,15-18H,1,3-14,22H2. The minimum absolute atomic E-state index is 0.00148. The molecule has 158 valence electrons. The number of rotatable bonds is 9. The first kappa shape index (κ1) is 22.4. The maximum atomic E-state index is 12.2. The van der Waals surface area contributed by atoms with E-state index in [1.54, 1.807) is 0 Å². The normalized spacial score (nSPS) is 27.5. The van der Waals surface area contributed by atoms with Crippen molar-refractivity contribution >= 4 is 17.9 Å². The molecule has 2 saturated carbocycles. The van der Waals surface area contributed by atoms with Crippen LogP contribution in [0.2, 0.25) is 0 Å². The van der Waals surface area contributed by atoms with E-state index in [1.807, 2.05) is 0 Å². The lowest BCUT2D eigenvalue weighted by atomic mass is 9.69. The third-order valence-electron chi connectivity index (χ3n) is 6.19. The van der Waals surface area contributed by atoms with Gasteiger partial charge >= 0.3 is 17.9 Å². The predicted molar refractivity (Wildman–Crippen MR) is 103 cm³/mol. The smallest absolute Gasteiger partial charge is 0.330 e. The topological polar surface area (TPSA) is 105 Å². The Morgan fingerprint density at radius 1 is 0.786 bits per heavy atom. The van der Waals surface area contributed by atoms with Crippen LogP contribution in [0.25, 0.3) is 0 Å². The van der Waals surface area contributed by atoms with Crippen LogP contribution in [0.3, 0.4) is 0 Å². The zero-order valence-corrected chi connectivity index (χ0v) is 16.6. The molecule has 7 nitrogen and oxygen atoms in total. The van der Waals surface area contributed by atoms with E-state index in [0.29, 0.717) is 37.9 Å². The van der Waals surface area contributed by atoms with Gasteiger partial charge in [-0.15, -0.1) is 0 Å². The molecule has 2 aliphatic rings. The molecule has 2 fully saturated rings. The highest BCUT2D eigenvalue weighted by Gasteiger charge is 2.35. The molecule has 0 bridgehead atoms. The molecule has 0 saturated heterocycles. The van der Waals surface area contributed by atoms with Crippen LogP contribution in [0.1, 0.15) is 64.2 Å². The van der Waals surface area contributed by atoms with Crippen molar-refractivity contribution in [3.05, 3.63) is 12.7 Å². The molecular formula is C21H33NO6. The van der Waals surface area contributed by atoms with Crippen LogP contribution in [0, 0.1) is 23.7 Å². The second kappa shape index (κ2) is 11.8. The van der Waals surface area contributed by atoms with Crippen molar-refractivity contribution in [3.63, 3.8) is 0 Å². The average Bonchev–Trinajstić information content (AvgIpc) is 2.75. The third kappa shape index (κ3) is 6.93. The maximum Gasteiger partial charge on any atom is 0.330 e. The predicted octanol–water partition coefficient (Wildman–Crippen LogP) is 3.07. The first-order valence-electron chi connectivity index (χ1n) is 10.4. The molecule has 0 aromatic carbocycles. The Kier molecular flexibility index (Phi) is 9.47. The highest BCUT2D eigenvalue weighted by atomic mass is 16.7. The number of carbonyl (C=O) groups is 3. The van der Waals surface area contributed by atoms with Gasteiger partial charge in [-0.2, -0.15) is 5.90 Å². The Labute approximate surface area is 166 Å². The molecule has 0 radical (unpaired) electrons. The molecule has 0 amide bonds. The highest BCUT2D eigenvalue weighted by molar-refractivity contribution is 5.81. The largest absolute Gasteiger partial charge is 0.465 e. The molecule has 7 heteroatoms. The first-order chi connectivity index (χ1) is 13.5. The van der Waals surface area contributed by atoms with Crippen molar-refractivity contribution in [2.45, 2.75) is 64.2 Å². The fraction of sp³-hybridized carbons (Fsp3) is 0.762. The SMILES string of the molecule is C=CC(=O)OCCCCOC(=O)C1CCC(C2CCC(C(=O)ON)CC2)CC1. The Hall–Kier alpha value is -1.89. The van der Waals surface area contributed by atoms with Crippen molar-refractivity contribution in [2.24, 2.45) is 29.6 Å². The van der Waals surface area contributed by atoms with Crippen LogP contribution < -0.4 is 5.90 Å². The quantitative estimate of drug-likeness (QED) is 0.277. The van der Waals surface area contributed by atoms with Crippen molar-refractivity contribution in [1.82, 2.24) is 0 Å². The Morgan fingerprint density at radius 3 is 1.71 bits per heavy atom. The van der Waals surface area contributed by atoms with Gasteiger partial charge in [0.05, 0.1) is 25.0 Å². The van der Waals surface area contributed by atoms with Gasteiger partial charge in [0.1, 0.15) is 0 Å². The molecule has 0 aliphatic heterocycles. The molecule has 0 aromatic rings. The Morgan fingerprint density at radius 2 is 1.25 bits per heavy atom. The molecule has 0 aromatic heterocycles. The molecule has 0 unspecified atom stereocenters. The zero-order valence-electron chi connectivity index (χ0n) is 16.6. The van der Waals surface area contributed by atoms with Gasteiger partial charge in [-0.1, -0.05) is 6.58 Å². The molecule has 28 heavy (non-hydrogen) atoms. The summed E-state index contributed by atoms with van der Waals surface area (Å²) < 4.78 is 10.3. The Balaban J connectivity index is 1.58. The average molecular weight is 395 g/mol. The lowest BCUT2D eigenvalue weighted by Crippen LogP contribution is -2.31. The Bertz CT molecular complexity index is 533. The third-order valence-corrected chi connectivity index (χ3v) is 6.19. The zero-order chi connectivity index (χ0) is 20.4. The van der Waals surface area contributed by atoms with E-state index in [0.717, 1.165) is 57.4 Å². The number of esters is 2. The summed E-state index contributed by atoms with van der Waals surface area (Å²) >= 11 is 0. The first-order valence-corrected chi connectivity index (χ1v) is 10.4. The van der Waals surface area contributed by atoms with Crippen LogP contribution in [-0.4, -0.2) is 31.1 Å². The van der Waals surface area contributed by atoms with Gasteiger partial charge in [0.15, 0.2) is 0 Å². The summed E-state index contributed by atoms with van der Waals surface area (Å²) in [6.07, 6.45) is 10.1. The summed E-state index contributed by atoms with van der Waals surface area (Å²) in [4.78, 5) is 39.0. The molecule has 2 N–H and O–H groups in total. The van der Waals surface area contributed by atoms with Crippen LogP contribution >= 0.6 is 0 Å². The molecule has 0 spiro atoms. The van der Waals surface area contributed by atoms with Crippen molar-refractivity contribution in [1.29, 1.82) is 0 Å². The van der Waals surface area contributed by atoms with Gasteiger partial charge in [0.25, 0.3) is 0 Å². The van der Waals surface area contributed by atoms with Gasteiger partial charge < -0.3 is 14.3 Å². The van der Waals surface area contributed by atoms with Gasteiger partial charge in [0.2, 0.25) is 0 Å². The van der Waals surface area contributed by atoms with E-state index < -0.39 is 5.97 Å². The minimum atomic E-state index is -0.429. The minimum Gasteiger partial charge on any atom is -0.465 e. The van der Waals surface area contributed by atoms with Crippen molar-refractivity contribution < 1.29 is 28.7 Å². The van der Waals surface area contributed by atoms with Crippen LogP contribution in [0.5, 0.6) is 0 Å². The van der Waals surface area contributed by atoms with E-state index in [-0.39, 0.29) is 23.8 Å². The number of unbranched alkanes of at least 4 members (excludes halogenated alkanes) is 1. The summed E-state index contributed by atoms with van der Waals surface area (Å²) in [7, 11) is 0. The van der Waals surface area contributed by atoms with E-state index >= 15 is 0 Å². The second-order valence-corrected chi connectivity index (χ2v) is 7.91. The molecule has 2 aliphatic carbocycles. The number of nitrogens with two attached hydrogens (primary N) is 1. The molecule has 0 heterocycles. The van der Waals surface area contributed by atoms with E-state index in [2.05, 4.69) is 11.4 Å². The maximum absolute atomic E-state index is 12.2. The lowest BCUT2D eigenvalue weighted by molar-refractivity contribution is -0.152. The van der Waals surface area contributed by atoms with Gasteiger partial charge in [0, 0.05) is 6.08 Å². The molecular weight excluding hydrogens is 362 g/mol. The summed E-state index contributed by atoms with van der Waals surface area (Å²) in [5.74, 6) is 5.39. The fourth-order valence-electron chi connectivity index (χ4n) is 4.48. The van der Waals surface area contributed by atoms with E-state index in [4.69, 9.17) is 15.4 Å². The molecule has 0 atom stereocenters. The van der Waals surface area contributed by atoms with Crippen molar-refractivity contribution in [2.75, 3.05) is 13.2 Å². The number of hydrogen-bond acceptors (Lipinski definition) is 7. The van der Waals surface area contributed by atoms with Gasteiger partial charge in [-0.25, -0.2) is 4.79 Å². The summed E-state index contributed by atoms with van der Waals surface area (Å²) in [5, 5.41) is 0. The van der Waals surface area contributed by atoms with Crippen LogP contribution in [0.15, 0.2) is 12.7 Å². The number of carbonyl (C=O) groups excluding carboxylic acids is 3. The monoisotopic (exact) mass is 395 g/mol. The van der Waals surface area contributed by atoms with Gasteiger partial charge in [-0.3, -0.25) is 9.59 Å². The molecule has 2 rings (SSSR count). The second-order valence-electron chi connectivity index (χ2n) is 7.91. The number of ether oxygens (including phenoxy) is 2. The lowest BCUT2D eigenvalue weighted by Gasteiger charge is -2.36. The van der Waals surface area contributed by atoms with Crippen molar-refractivity contribution in [3.8, 4) is 0 Å².